The number of carboxylic acid groups (broad SMARTS) is 1. The van der Waals surface area contributed by atoms with Crippen molar-refractivity contribution in [2.24, 2.45) is 5.92 Å². The fourth-order valence-corrected chi connectivity index (χ4v) is 2.86. The second kappa shape index (κ2) is 6.07. The Bertz CT molecular complexity index is 512. The number of carbonyl (C=O) groups excluding carboxylic acids is 1. The van der Waals surface area contributed by atoms with Crippen molar-refractivity contribution in [1.29, 1.82) is 0 Å². The van der Waals surface area contributed by atoms with Crippen LogP contribution in [0.15, 0.2) is 24.3 Å². The first-order valence-corrected chi connectivity index (χ1v) is 7.13. The molecule has 2 unspecified atom stereocenters. The van der Waals surface area contributed by atoms with E-state index in [9.17, 15) is 9.59 Å². The molecule has 0 radical (unpaired) electrons. The van der Waals surface area contributed by atoms with Crippen LogP contribution in [0.4, 0.5) is 0 Å². The summed E-state index contributed by atoms with van der Waals surface area (Å²) >= 11 is 0. The lowest BCUT2D eigenvalue weighted by atomic mass is 10.0. The fraction of sp³-hybridized carbons (Fsp3) is 0.500. The van der Waals surface area contributed by atoms with Crippen LogP contribution in [0.1, 0.15) is 31.4 Å². The molecule has 1 amide bonds. The van der Waals surface area contributed by atoms with E-state index in [0.29, 0.717) is 19.4 Å². The molecule has 1 fully saturated rings. The number of aliphatic carboxylic acids is 1. The van der Waals surface area contributed by atoms with Crippen LogP contribution in [-0.4, -0.2) is 34.5 Å². The Balaban J connectivity index is 2.03. The van der Waals surface area contributed by atoms with Crippen LogP contribution >= 0.6 is 0 Å². The number of likely N-dealkylation sites (tertiary alicyclic amines) is 1. The first-order valence-electron chi connectivity index (χ1n) is 7.13. The molecule has 0 saturated carbocycles. The highest BCUT2D eigenvalue weighted by molar-refractivity contribution is 5.81. The second-order valence-electron chi connectivity index (χ2n) is 5.41. The first-order chi connectivity index (χ1) is 9.52. The summed E-state index contributed by atoms with van der Waals surface area (Å²) in [7, 11) is 0. The van der Waals surface area contributed by atoms with Gasteiger partial charge in [-0.25, -0.2) is 0 Å². The molecule has 2 rings (SSSR count). The number of carbonyl (C=O) groups is 2. The van der Waals surface area contributed by atoms with Gasteiger partial charge >= 0.3 is 5.97 Å². The van der Waals surface area contributed by atoms with Crippen molar-refractivity contribution >= 4 is 11.9 Å². The zero-order valence-corrected chi connectivity index (χ0v) is 12.0. The molecule has 0 aromatic heterocycles. The highest BCUT2D eigenvalue weighted by Gasteiger charge is 2.37. The molecule has 1 heterocycles. The molecule has 1 aromatic rings. The topological polar surface area (TPSA) is 57.6 Å². The molecule has 1 aromatic carbocycles. The Morgan fingerprint density at radius 2 is 2.05 bits per heavy atom. The number of carboxylic acids is 1. The molecule has 1 aliphatic rings. The minimum atomic E-state index is -0.805. The van der Waals surface area contributed by atoms with E-state index < -0.39 is 11.9 Å². The van der Waals surface area contributed by atoms with E-state index >= 15 is 0 Å². The Kier molecular flexibility index (Phi) is 4.42. The predicted molar refractivity (Wildman–Crippen MR) is 76.4 cm³/mol. The van der Waals surface area contributed by atoms with Crippen molar-refractivity contribution in [2.75, 3.05) is 6.54 Å². The van der Waals surface area contributed by atoms with E-state index in [1.807, 2.05) is 31.2 Å². The summed E-state index contributed by atoms with van der Waals surface area (Å²) in [5.41, 5.74) is 2.22. The standard InChI is InChI=1S/C16H21NO3/c1-3-12-5-4-6-13(9-12)10-15(18)17-8-7-14(11(17)2)16(19)20/h4-6,9,11,14H,3,7-8,10H2,1-2H3,(H,19,20). The van der Waals surface area contributed by atoms with E-state index in [1.165, 1.54) is 5.56 Å². The molecule has 108 valence electrons. The average Bonchev–Trinajstić information content (AvgIpc) is 2.81. The second-order valence-corrected chi connectivity index (χ2v) is 5.41. The van der Waals surface area contributed by atoms with Crippen molar-refractivity contribution in [3.05, 3.63) is 35.4 Å². The molecular formula is C16H21NO3. The van der Waals surface area contributed by atoms with Gasteiger partial charge in [-0.1, -0.05) is 31.2 Å². The van der Waals surface area contributed by atoms with Crippen LogP contribution in [0.2, 0.25) is 0 Å². The van der Waals surface area contributed by atoms with Gasteiger partial charge in [0.2, 0.25) is 5.91 Å². The maximum absolute atomic E-state index is 12.3. The van der Waals surface area contributed by atoms with Gasteiger partial charge in [-0.3, -0.25) is 9.59 Å². The van der Waals surface area contributed by atoms with Gasteiger partial charge in [0.15, 0.2) is 0 Å². The number of hydrogen-bond donors (Lipinski definition) is 1. The molecule has 1 aliphatic heterocycles. The van der Waals surface area contributed by atoms with Gasteiger partial charge < -0.3 is 10.0 Å². The quantitative estimate of drug-likeness (QED) is 0.915. The molecule has 2 atom stereocenters. The van der Waals surface area contributed by atoms with Crippen molar-refractivity contribution in [3.63, 3.8) is 0 Å². The summed E-state index contributed by atoms with van der Waals surface area (Å²) < 4.78 is 0. The average molecular weight is 275 g/mol. The zero-order valence-electron chi connectivity index (χ0n) is 12.0. The van der Waals surface area contributed by atoms with Gasteiger partial charge in [-0.2, -0.15) is 0 Å². The molecule has 0 aliphatic carbocycles. The van der Waals surface area contributed by atoms with Gasteiger partial charge in [0, 0.05) is 12.6 Å². The molecule has 0 bridgehead atoms. The van der Waals surface area contributed by atoms with Crippen LogP contribution in [0, 0.1) is 5.92 Å². The third-order valence-electron chi connectivity index (χ3n) is 4.15. The number of rotatable bonds is 4. The monoisotopic (exact) mass is 275 g/mol. The maximum atomic E-state index is 12.3. The molecule has 4 nitrogen and oxygen atoms in total. The minimum absolute atomic E-state index is 0.0227. The fourth-order valence-electron chi connectivity index (χ4n) is 2.86. The Morgan fingerprint density at radius 3 is 2.65 bits per heavy atom. The van der Waals surface area contributed by atoms with Gasteiger partial charge in [0.1, 0.15) is 0 Å². The smallest absolute Gasteiger partial charge is 0.308 e. The van der Waals surface area contributed by atoms with E-state index in [0.717, 1.165) is 12.0 Å². The molecule has 0 spiro atoms. The Morgan fingerprint density at radius 1 is 1.35 bits per heavy atom. The highest BCUT2D eigenvalue weighted by Crippen LogP contribution is 2.25. The van der Waals surface area contributed by atoms with Crippen molar-refractivity contribution in [2.45, 2.75) is 39.2 Å². The lowest BCUT2D eigenvalue weighted by Crippen LogP contribution is -2.38. The van der Waals surface area contributed by atoms with E-state index in [1.54, 1.807) is 4.90 Å². The minimum Gasteiger partial charge on any atom is -0.481 e. The SMILES string of the molecule is CCc1cccc(CC(=O)N2CCC(C(=O)O)C2C)c1. The van der Waals surface area contributed by atoms with Crippen LogP contribution in [0.5, 0.6) is 0 Å². The van der Waals surface area contributed by atoms with Gasteiger partial charge in [-0.05, 0) is 30.9 Å². The van der Waals surface area contributed by atoms with Crippen LogP contribution in [0.25, 0.3) is 0 Å². The first kappa shape index (κ1) is 14.6. The molecule has 1 saturated heterocycles. The van der Waals surface area contributed by atoms with Gasteiger partial charge in [-0.15, -0.1) is 0 Å². The number of nitrogens with zero attached hydrogens (tertiary/aromatic N) is 1. The molecular weight excluding hydrogens is 254 g/mol. The molecule has 4 heteroatoms. The normalized spacial score (nSPS) is 22.0. The molecule has 20 heavy (non-hydrogen) atoms. The predicted octanol–water partition coefficient (Wildman–Crippen LogP) is 2.11. The van der Waals surface area contributed by atoms with Crippen LogP contribution in [-0.2, 0) is 22.4 Å². The third-order valence-corrected chi connectivity index (χ3v) is 4.15. The maximum Gasteiger partial charge on any atom is 0.308 e. The largest absolute Gasteiger partial charge is 0.481 e. The summed E-state index contributed by atoms with van der Waals surface area (Å²) in [5, 5.41) is 9.10. The van der Waals surface area contributed by atoms with Crippen molar-refractivity contribution in [3.8, 4) is 0 Å². The van der Waals surface area contributed by atoms with Crippen LogP contribution < -0.4 is 0 Å². The summed E-state index contributed by atoms with van der Waals surface area (Å²) in [6.07, 6.45) is 1.85. The summed E-state index contributed by atoms with van der Waals surface area (Å²) in [5.74, 6) is -1.21. The highest BCUT2D eigenvalue weighted by atomic mass is 16.4. The van der Waals surface area contributed by atoms with Crippen molar-refractivity contribution < 1.29 is 14.7 Å². The van der Waals surface area contributed by atoms with E-state index in [-0.39, 0.29) is 11.9 Å². The lowest BCUT2D eigenvalue weighted by molar-refractivity contribution is -0.143. The lowest BCUT2D eigenvalue weighted by Gasteiger charge is -2.23. The van der Waals surface area contributed by atoms with E-state index in [4.69, 9.17) is 5.11 Å². The van der Waals surface area contributed by atoms with Crippen molar-refractivity contribution in [1.82, 2.24) is 4.90 Å². The number of amides is 1. The Labute approximate surface area is 119 Å². The zero-order chi connectivity index (χ0) is 14.7. The van der Waals surface area contributed by atoms with Gasteiger partial charge in [0.05, 0.1) is 12.3 Å². The number of hydrogen-bond acceptors (Lipinski definition) is 2. The summed E-state index contributed by atoms with van der Waals surface area (Å²) in [6, 6.07) is 7.80. The van der Waals surface area contributed by atoms with E-state index in [2.05, 4.69) is 6.92 Å². The Hall–Kier alpha value is -1.84. The third kappa shape index (κ3) is 3.00. The number of aryl methyl sites for hydroxylation is 1. The summed E-state index contributed by atoms with van der Waals surface area (Å²) in [4.78, 5) is 25.1. The number of benzene rings is 1. The van der Waals surface area contributed by atoms with Gasteiger partial charge in [0.25, 0.3) is 0 Å². The molecule has 1 N–H and O–H groups in total. The van der Waals surface area contributed by atoms with Crippen LogP contribution in [0.3, 0.4) is 0 Å². The summed E-state index contributed by atoms with van der Waals surface area (Å²) in [6.45, 7) is 4.46.